The van der Waals surface area contributed by atoms with E-state index >= 15 is 0 Å². The summed E-state index contributed by atoms with van der Waals surface area (Å²) in [5, 5.41) is 0. The Balaban J connectivity index is 1.67. The summed E-state index contributed by atoms with van der Waals surface area (Å²) in [5.74, 6) is 1.51. The minimum Gasteiger partial charge on any atom is -0.494 e. The largest absolute Gasteiger partial charge is 0.494 e. The van der Waals surface area contributed by atoms with Crippen molar-refractivity contribution in [1.29, 1.82) is 0 Å². The average molecular weight is 390 g/mol. The van der Waals surface area contributed by atoms with Crippen LogP contribution in [0.1, 0.15) is 39.0 Å². The molecule has 2 aromatic rings. The van der Waals surface area contributed by atoms with Gasteiger partial charge in [0.25, 0.3) is 10.0 Å². The van der Waals surface area contributed by atoms with E-state index in [4.69, 9.17) is 4.74 Å². The molecule has 0 unspecified atom stereocenters. The first-order valence-electron chi connectivity index (χ1n) is 9.44. The van der Waals surface area contributed by atoms with Gasteiger partial charge in [-0.05, 0) is 56.2 Å². The predicted molar refractivity (Wildman–Crippen MR) is 108 cm³/mol. The van der Waals surface area contributed by atoms with E-state index < -0.39 is 10.0 Å². The normalized spacial score (nSPS) is 15.3. The standard InChI is InChI=1S/C20H27N3O3S/c1-3-26-18-10-12-19(13-11-18)27(24,25)22-16-9-14-20(21-15-16)23(2)17-7-5-4-6-8-17/h9-15,17,22H,3-8H2,1-2H3. The Morgan fingerprint density at radius 3 is 2.41 bits per heavy atom. The number of nitrogens with one attached hydrogen (secondary N) is 1. The second-order valence-electron chi connectivity index (χ2n) is 6.82. The van der Waals surface area contributed by atoms with Gasteiger partial charge in [0.2, 0.25) is 0 Å². The lowest BCUT2D eigenvalue weighted by Gasteiger charge is -2.32. The fraction of sp³-hybridized carbons (Fsp3) is 0.450. The van der Waals surface area contributed by atoms with E-state index in [2.05, 4.69) is 21.7 Å². The molecule has 1 aliphatic carbocycles. The number of anilines is 2. The third-order valence-electron chi connectivity index (χ3n) is 4.93. The van der Waals surface area contributed by atoms with Crippen molar-refractivity contribution in [3.8, 4) is 5.75 Å². The highest BCUT2D eigenvalue weighted by molar-refractivity contribution is 7.92. The lowest BCUT2D eigenvalue weighted by Crippen LogP contribution is -2.33. The fourth-order valence-electron chi connectivity index (χ4n) is 3.41. The Hall–Kier alpha value is -2.28. The Kier molecular flexibility index (Phi) is 6.21. The van der Waals surface area contributed by atoms with Crippen LogP contribution in [-0.4, -0.2) is 33.1 Å². The summed E-state index contributed by atoms with van der Waals surface area (Å²) < 4.78 is 33.0. The molecule has 3 rings (SSSR count). The lowest BCUT2D eigenvalue weighted by molar-refractivity contribution is 0.340. The smallest absolute Gasteiger partial charge is 0.261 e. The van der Waals surface area contributed by atoms with E-state index in [1.54, 1.807) is 24.4 Å². The topological polar surface area (TPSA) is 71.5 Å². The number of rotatable bonds is 7. The third-order valence-corrected chi connectivity index (χ3v) is 6.33. The van der Waals surface area contributed by atoms with Crippen LogP contribution >= 0.6 is 0 Å². The Morgan fingerprint density at radius 2 is 1.81 bits per heavy atom. The summed E-state index contributed by atoms with van der Waals surface area (Å²) in [6, 6.07) is 10.5. The van der Waals surface area contributed by atoms with Gasteiger partial charge < -0.3 is 9.64 Å². The van der Waals surface area contributed by atoms with E-state index in [1.165, 1.54) is 44.2 Å². The van der Waals surface area contributed by atoms with Crippen molar-refractivity contribution in [1.82, 2.24) is 4.98 Å². The van der Waals surface area contributed by atoms with Crippen LogP contribution in [0.5, 0.6) is 5.75 Å². The fourth-order valence-corrected chi connectivity index (χ4v) is 4.45. The lowest BCUT2D eigenvalue weighted by atomic mass is 9.94. The summed E-state index contributed by atoms with van der Waals surface area (Å²) >= 11 is 0. The van der Waals surface area contributed by atoms with Gasteiger partial charge in [-0.2, -0.15) is 0 Å². The number of ether oxygens (including phenoxy) is 1. The minimum absolute atomic E-state index is 0.189. The first-order chi connectivity index (χ1) is 13.0. The zero-order valence-corrected chi connectivity index (χ0v) is 16.7. The van der Waals surface area contributed by atoms with Crippen LogP contribution in [0.15, 0.2) is 47.5 Å². The van der Waals surface area contributed by atoms with E-state index in [1.807, 2.05) is 13.0 Å². The predicted octanol–water partition coefficient (Wildman–Crippen LogP) is 4.05. The van der Waals surface area contributed by atoms with Gasteiger partial charge in [0.1, 0.15) is 11.6 Å². The van der Waals surface area contributed by atoms with E-state index in [9.17, 15) is 8.42 Å². The molecule has 1 heterocycles. The van der Waals surface area contributed by atoms with Gasteiger partial charge in [-0.25, -0.2) is 13.4 Å². The van der Waals surface area contributed by atoms with Crippen LogP contribution in [0.4, 0.5) is 11.5 Å². The molecule has 1 saturated carbocycles. The van der Waals surface area contributed by atoms with Gasteiger partial charge in [-0.3, -0.25) is 4.72 Å². The summed E-state index contributed by atoms with van der Waals surface area (Å²) in [5.41, 5.74) is 0.449. The number of aromatic nitrogens is 1. The van der Waals surface area contributed by atoms with Crippen molar-refractivity contribution in [2.24, 2.45) is 0 Å². The molecule has 0 saturated heterocycles. The molecule has 0 amide bonds. The number of benzene rings is 1. The van der Waals surface area contributed by atoms with Gasteiger partial charge >= 0.3 is 0 Å². The summed E-state index contributed by atoms with van der Waals surface area (Å²) in [7, 11) is -1.60. The SMILES string of the molecule is CCOc1ccc(S(=O)(=O)Nc2ccc(N(C)C3CCCCC3)nc2)cc1. The Labute approximate surface area is 161 Å². The molecule has 1 aromatic carbocycles. The van der Waals surface area contributed by atoms with Gasteiger partial charge in [0.15, 0.2) is 0 Å². The minimum atomic E-state index is -3.66. The molecule has 1 aromatic heterocycles. The van der Waals surface area contributed by atoms with E-state index in [0.717, 1.165) is 5.82 Å². The average Bonchev–Trinajstić information content (AvgIpc) is 2.69. The molecule has 27 heavy (non-hydrogen) atoms. The van der Waals surface area contributed by atoms with Crippen LogP contribution < -0.4 is 14.4 Å². The highest BCUT2D eigenvalue weighted by Gasteiger charge is 2.19. The molecule has 0 atom stereocenters. The van der Waals surface area contributed by atoms with Crippen molar-refractivity contribution in [2.75, 3.05) is 23.3 Å². The van der Waals surface area contributed by atoms with Crippen molar-refractivity contribution in [3.05, 3.63) is 42.6 Å². The highest BCUT2D eigenvalue weighted by Crippen LogP contribution is 2.26. The van der Waals surface area contributed by atoms with Crippen LogP contribution in [0.2, 0.25) is 0 Å². The molecule has 1 aliphatic rings. The number of sulfonamides is 1. The molecule has 7 heteroatoms. The maximum Gasteiger partial charge on any atom is 0.261 e. The molecule has 0 bridgehead atoms. The second kappa shape index (κ2) is 8.61. The van der Waals surface area contributed by atoms with Gasteiger partial charge in [-0.15, -0.1) is 0 Å². The number of nitrogens with zero attached hydrogens (tertiary/aromatic N) is 2. The summed E-state index contributed by atoms with van der Waals surface area (Å²) in [4.78, 5) is 6.84. The van der Waals surface area contributed by atoms with Gasteiger partial charge in [-0.1, -0.05) is 19.3 Å². The first-order valence-corrected chi connectivity index (χ1v) is 10.9. The molecule has 0 aliphatic heterocycles. The molecular formula is C20H27N3O3S. The van der Waals surface area contributed by atoms with Crippen molar-refractivity contribution < 1.29 is 13.2 Å². The molecular weight excluding hydrogens is 362 g/mol. The van der Waals surface area contributed by atoms with Crippen molar-refractivity contribution in [3.63, 3.8) is 0 Å². The zero-order chi connectivity index (χ0) is 19.3. The summed E-state index contributed by atoms with van der Waals surface area (Å²) in [6.45, 7) is 2.42. The molecule has 1 N–H and O–H groups in total. The number of pyridine rings is 1. The molecule has 0 radical (unpaired) electrons. The van der Waals surface area contributed by atoms with Crippen LogP contribution in [-0.2, 0) is 10.0 Å². The highest BCUT2D eigenvalue weighted by atomic mass is 32.2. The monoisotopic (exact) mass is 389 g/mol. The zero-order valence-electron chi connectivity index (χ0n) is 15.9. The van der Waals surface area contributed by atoms with Crippen LogP contribution in [0.3, 0.4) is 0 Å². The van der Waals surface area contributed by atoms with Gasteiger partial charge in [0, 0.05) is 13.1 Å². The van der Waals surface area contributed by atoms with E-state index in [0.29, 0.717) is 24.1 Å². The van der Waals surface area contributed by atoms with Crippen molar-refractivity contribution >= 4 is 21.5 Å². The second-order valence-corrected chi connectivity index (χ2v) is 8.50. The van der Waals surface area contributed by atoms with Crippen LogP contribution in [0.25, 0.3) is 0 Å². The molecule has 146 valence electrons. The molecule has 6 nitrogen and oxygen atoms in total. The number of hydrogen-bond acceptors (Lipinski definition) is 5. The van der Waals surface area contributed by atoms with Gasteiger partial charge in [0.05, 0.1) is 23.4 Å². The summed E-state index contributed by atoms with van der Waals surface area (Å²) in [6.07, 6.45) is 7.77. The maximum atomic E-state index is 12.5. The Morgan fingerprint density at radius 1 is 1.11 bits per heavy atom. The first kappa shape index (κ1) is 19.5. The number of hydrogen-bond donors (Lipinski definition) is 1. The van der Waals surface area contributed by atoms with Crippen LogP contribution in [0, 0.1) is 0 Å². The third kappa shape index (κ3) is 4.91. The Bertz CT molecular complexity index is 830. The molecule has 0 spiro atoms. The van der Waals surface area contributed by atoms with E-state index in [-0.39, 0.29) is 4.90 Å². The maximum absolute atomic E-state index is 12.5. The quantitative estimate of drug-likeness (QED) is 0.773. The molecule has 1 fully saturated rings. The van der Waals surface area contributed by atoms with Crippen molar-refractivity contribution in [2.45, 2.75) is 50.0 Å².